The van der Waals surface area contributed by atoms with E-state index in [1.165, 1.54) is 32.1 Å². The Balaban J connectivity index is 2.17. The number of hydrogen-bond donors (Lipinski definition) is 2. The molecule has 2 heterocycles. The van der Waals surface area contributed by atoms with E-state index in [2.05, 4.69) is 0 Å². The van der Waals surface area contributed by atoms with E-state index in [1.807, 2.05) is 0 Å². The van der Waals surface area contributed by atoms with Gasteiger partial charge in [0.2, 0.25) is 0 Å². The van der Waals surface area contributed by atoms with Gasteiger partial charge in [0.05, 0.1) is 24.5 Å². The van der Waals surface area contributed by atoms with Crippen molar-refractivity contribution in [2.75, 3.05) is 13.2 Å². The fourth-order valence-electron chi connectivity index (χ4n) is 7.11. The van der Waals surface area contributed by atoms with Crippen LogP contribution in [0.1, 0.15) is 48.5 Å². The molecule has 11 atom stereocenters. The zero-order valence-corrected chi connectivity index (χ0v) is 26.0. The second-order valence-corrected chi connectivity index (χ2v) is 12.0. The lowest BCUT2D eigenvalue weighted by Gasteiger charge is -2.59. The number of hydrogen-bond acceptors (Lipinski definition) is 15. The van der Waals surface area contributed by atoms with Crippen LogP contribution in [0.3, 0.4) is 0 Å². The van der Waals surface area contributed by atoms with Crippen molar-refractivity contribution in [3.8, 4) is 0 Å². The summed E-state index contributed by atoms with van der Waals surface area (Å²) < 4.78 is 40.4. The fraction of sp³-hybridized carbons (Fsp3) is 0.667. The van der Waals surface area contributed by atoms with E-state index in [1.54, 1.807) is 0 Å². The van der Waals surface area contributed by atoms with Crippen LogP contribution in [0.2, 0.25) is 0 Å². The number of aliphatic hydroxyl groups excluding tert-OH is 1. The van der Waals surface area contributed by atoms with Gasteiger partial charge >= 0.3 is 35.8 Å². The summed E-state index contributed by atoms with van der Waals surface area (Å²) >= 11 is 0. The van der Waals surface area contributed by atoms with Gasteiger partial charge in [-0.15, -0.1) is 0 Å². The summed E-state index contributed by atoms with van der Waals surface area (Å²) in [6, 6.07) is 0. The average molecular weight is 639 g/mol. The minimum Gasteiger partial charge on any atom is -0.459 e. The smallest absolute Gasteiger partial charge is 0.312 e. The van der Waals surface area contributed by atoms with Crippen LogP contribution in [0, 0.1) is 17.3 Å². The molecule has 248 valence electrons. The molecule has 4 aliphatic rings. The molecular formula is C30H38O15. The average Bonchev–Trinajstić information content (AvgIpc) is 3.68. The molecule has 2 aliphatic carbocycles. The molecule has 0 unspecified atom stereocenters. The van der Waals surface area contributed by atoms with E-state index in [0.29, 0.717) is 0 Å². The zero-order chi connectivity index (χ0) is 33.6. The maximum absolute atomic E-state index is 13.1. The van der Waals surface area contributed by atoms with Gasteiger partial charge < -0.3 is 43.4 Å². The third-order valence-electron chi connectivity index (χ3n) is 8.99. The van der Waals surface area contributed by atoms with E-state index in [0.717, 1.165) is 34.6 Å². The van der Waals surface area contributed by atoms with Crippen LogP contribution in [-0.4, -0.2) is 107 Å². The van der Waals surface area contributed by atoms with Gasteiger partial charge in [-0.05, 0) is 24.6 Å². The first-order valence-electron chi connectivity index (χ1n) is 14.4. The maximum atomic E-state index is 13.1. The SMILES string of the molecule is CC(=O)O[C@H]1[C@@H](OC(C)=O)[C@]2(CO2)[C@H]2[C@H](OC(C)=O)[C@@]3(O)[C@H](/C=C(CO)\C=C/[C@@H](OC(C)=O)[C@@]2(C)[C@H]1OC(C)=O)OC(=O)[C@@H]3C. The monoisotopic (exact) mass is 638 g/mol. The third-order valence-corrected chi connectivity index (χ3v) is 8.99. The van der Waals surface area contributed by atoms with Crippen molar-refractivity contribution in [2.24, 2.45) is 17.3 Å². The van der Waals surface area contributed by atoms with Gasteiger partial charge in [0.25, 0.3) is 0 Å². The Kier molecular flexibility index (Phi) is 9.21. The summed E-state index contributed by atoms with van der Waals surface area (Å²) in [6.07, 6.45) is -5.38. The van der Waals surface area contributed by atoms with E-state index in [-0.39, 0.29) is 12.2 Å². The minimum absolute atomic E-state index is 0.118. The molecule has 0 radical (unpaired) electrons. The zero-order valence-electron chi connectivity index (χ0n) is 26.0. The lowest BCUT2D eigenvalue weighted by molar-refractivity contribution is -0.279. The minimum atomic E-state index is -2.38. The molecular weight excluding hydrogens is 600 g/mol. The summed E-state index contributed by atoms with van der Waals surface area (Å²) in [5.41, 5.74) is -5.83. The first-order chi connectivity index (χ1) is 20.9. The van der Waals surface area contributed by atoms with Crippen LogP contribution >= 0.6 is 0 Å². The summed E-state index contributed by atoms with van der Waals surface area (Å²) in [4.78, 5) is 76.1. The van der Waals surface area contributed by atoms with Crippen molar-refractivity contribution in [1.82, 2.24) is 0 Å². The second kappa shape index (κ2) is 12.2. The van der Waals surface area contributed by atoms with Crippen LogP contribution in [0.5, 0.6) is 0 Å². The Bertz CT molecular complexity index is 1330. The van der Waals surface area contributed by atoms with Crippen LogP contribution in [-0.2, 0) is 61.9 Å². The van der Waals surface area contributed by atoms with Gasteiger partial charge in [-0.3, -0.25) is 28.8 Å². The molecule has 4 rings (SSSR count). The highest BCUT2D eigenvalue weighted by atomic mass is 16.7. The Morgan fingerprint density at radius 1 is 0.867 bits per heavy atom. The topological polar surface area (TPSA) is 211 Å². The first kappa shape index (κ1) is 34.1. The number of ether oxygens (including phenoxy) is 7. The van der Waals surface area contributed by atoms with Crippen molar-refractivity contribution < 1.29 is 72.1 Å². The lowest BCUT2D eigenvalue weighted by atomic mass is 9.51. The maximum Gasteiger partial charge on any atom is 0.312 e. The lowest BCUT2D eigenvalue weighted by Crippen LogP contribution is -2.76. The third kappa shape index (κ3) is 5.84. The quantitative estimate of drug-likeness (QED) is 0.220. The molecule has 15 heteroatoms. The Labute approximate surface area is 258 Å². The number of rotatable bonds is 6. The van der Waals surface area contributed by atoms with E-state index >= 15 is 0 Å². The number of epoxide rings is 1. The first-order valence-corrected chi connectivity index (χ1v) is 14.4. The van der Waals surface area contributed by atoms with Gasteiger partial charge in [-0.2, -0.15) is 0 Å². The fourth-order valence-corrected chi connectivity index (χ4v) is 7.11. The van der Waals surface area contributed by atoms with Gasteiger partial charge in [0.15, 0.2) is 30.0 Å². The van der Waals surface area contributed by atoms with Gasteiger partial charge in [0, 0.05) is 40.5 Å². The molecule has 0 aromatic heterocycles. The molecule has 1 spiro atoms. The molecule has 0 bridgehead atoms. The molecule has 15 nitrogen and oxygen atoms in total. The number of aliphatic hydroxyl groups is 2. The predicted molar refractivity (Wildman–Crippen MR) is 146 cm³/mol. The van der Waals surface area contributed by atoms with Gasteiger partial charge in [-0.1, -0.05) is 13.0 Å². The summed E-state index contributed by atoms with van der Waals surface area (Å²) in [6.45, 7) is 7.42. The molecule has 45 heavy (non-hydrogen) atoms. The molecule has 2 saturated heterocycles. The Morgan fingerprint density at radius 2 is 1.38 bits per heavy atom. The summed E-state index contributed by atoms with van der Waals surface area (Å²) in [5, 5.41) is 22.8. The standard InChI is InChI=1S/C30H38O15/c1-13-27(37)45-21-10-19(11-31)8-9-20(40-14(2)32)28(7)23(26(30(13,21)38)44-18(6)36)29(12-39-29)25(43-17(5)35)22(41-15(3)33)24(28)42-16(4)34/h8-10,13,20-26,31,38H,11-12H2,1-7H3/b9-8-,19-10+/t13-,20+,21-,22+,23-,24-,25+,26-,28+,29-,30-/m0/s1. The van der Waals surface area contributed by atoms with Gasteiger partial charge in [0.1, 0.15) is 17.8 Å². The predicted octanol–water partition coefficient (Wildman–Crippen LogP) is -0.169. The highest BCUT2D eigenvalue weighted by Crippen LogP contribution is 2.63. The van der Waals surface area contributed by atoms with E-state index in [4.69, 9.17) is 33.2 Å². The molecule has 3 fully saturated rings. The molecule has 0 amide bonds. The van der Waals surface area contributed by atoms with Gasteiger partial charge in [-0.25, -0.2) is 0 Å². The van der Waals surface area contributed by atoms with Crippen LogP contribution in [0.4, 0.5) is 0 Å². The van der Waals surface area contributed by atoms with Crippen molar-refractivity contribution in [3.63, 3.8) is 0 Å². The Morgan fingerprint density at radius 3 is 1.87 bits per heavy atom. The number of fused-ring (bicyclic) bond motifs is 3. The van der Waals surface area contributed by atoms with Crippen LogP contribution in [0.15, 0.2) is 23.8 Å². The summed E-state index contributed by atoms with van der Waals surface area (Å²) in [7, 11) is 0. The van der Waals surface area contributed by atoms with E-state index in [9.17, 15) is 39.0 Å². The van der Waals surface area contributed by atoms with E-state index < -0.39 is 107 Å². The molecule has 1 saturated carbocycles. The second-order valence-electron chi connectivity index (χ2n) is 12.0. The van der Waals surface area contributed by atoms with Crippen LogP contribution in [0.25, 0.3) is 0 Å². The highest BCUT2D eigenvalue weighted by Gasteiger charge is 2.81. The molecule has 2 aliphatic heterocycles. The Hall–Kier alpha value is -3.82. The summed E-state index contributed by atoms with van der Waals surface area (Å²) in [5.74, 6) is -7.91. The highest BCUT2D eigenvalue weighted by molar-refractivity contribution is 5.78. The number of esters is 6. The van der Waals surface area contributed by atoms with Crippen molar-refractivity contribution in [3.05, 3.63) is 23.8 Å². The number of carbonyl (C=O) groups excluding carboxylic acids is 6. The molecule has 0 aromatic rings. The van der Waals surface area contributed by atoms with Crippen molar-refractivity contribution in [2.45, 2.75) is 96.3 Å². The normalized spacial score (nSPS) is 42.0. The molecule has 0 aromatic carbocycles. The van der Waals surface area contributed by atoms with Crippen LogP contribution < -0.4 is 0 Å². The number of carbonyl (C=O) groups is 6. The van der Waals surface area contributed by atoms with Crippen molar-refractivity contribution >= 4 is 35.8 Å². The largest absolute Gasteiger partial charge is 0.459 e. The van der Waals surface area contributed by atoms with Crippen molar-refractivity contribution in [1.29, 1.82) is 0 Å². The molecule has 2 N–H and O–H groups in total.